The van der Waals surface area contributed by atoms with Crippen LogP contribution in [0, 0.1) is 0 Å². The fraction of sp³-hybridized carbons (Fsp3) is 0.217. The summed E-state index contributed by atoms with van der Waals surface area (Å²) in [6, 6.07) is 18.5. The molecule has 0 bridgehead atoms. The summed E-state index contributed by atoms with van der Waals surface area (Å²) in [6.07, 6.45) is 5.90. The Hall–Kier alpha value is -3.58. The van der Waals surface area contributed by atoms with E-state index < -0.39 is 0 Å². The van der Waals surface area contributed by atoms with Crippen LogP contribution in [0.3, 0.4) is 0 Å². The number of hydrogen-bond donors (Lipinski definition) is 1. The predicted octanol–water partition coefficient (Wildman–Crippen LogP) is 2.68. The minimum Gasteiger partial charge on any atom is -0.348 e. The van der Waals surface area contributed by atoms with Crippen LogP contribution >= 0.6 is 0 Å². The van der Waals surface area contributed by atoms with Gasteiger partial charge < -0.3 is 5.32 Å². The molecule has 1 amide bonds. The van der Waals surface area contributed by atoms with Crippen LogP contribution in [0.25, 0.3) is 22.5 Å². The smallest absolute Gasteiger partial charge is 0.244 e. The molecule has 4 aromatic rings. The zero-order valence-corrected chi connectivity index (χ0v) is 16.5. The standard InChI is InChI=1S/C23H22N6O/c30-22(25-19-12-13-28(16-19)15-17-6-2-1-3-7-17)11-10-21-26-27-23-20-9-5-4-8-18(20)14-24-29(21)23/h1-11,14,19H,12-13,15-16H2,(H,25,30)/b11-10+/t19-/m0/s1. The Balaban J connectivity index is 1.22. The first-order valence-electron chi connectivity index (χ1n) is 10.1. The minimum atomic E-state index is -0.126. The Kier molecular flexibility index (Phi) is 4.94. The van der Waals surface area contributed by atoms with Crippen molar-refractivity contribution in [3.63, 3.8) is 0 Å². The maximum atomic E-state index is 12.4. The molecule has 1 aliphatic rings. The van der Waals surface area contributed by atoms with Crippen molar-refractivity contribution in [3.8, 4) is 0 Å². The van der Waals surface area contributed by atoms with Crippen LogP contribution in [0.2, 0.25) is 0 Å². The van der Waals surface area contributed by atoms with Crippen molar-refractivity contribution < 1.29 is 4.79 Å². The number of carbonyl (C=O) groups excluding carboxylic acids is 1. The van der Waals surface area contributed by atoms with Gasteiger partial charge in [-0.15, -0.1) is 10.2 Å². The monoisotopic (exact) mass is 398 g/mol. The van der Waals surface area contributed by atoms with Crippen LogP contribution in [0.4, 0.5) is 0 Å². The third-order valence-corrected chi connectivity index (χ3v) is 5.43. The van der Waals surface area contributed by atoms with E-state index in [0.29, 0.717) is 11.5 Å². The van der Waals surface area contributed by atoms with E-state index in [1.165, 1.54) is 11.6 Å². The second kappa shape index (κ2) is 8.04. The summed E-state index contributed by atoms with van der Waals surface area (Å²) in [5.41, 5.74) is 1.98. The number of likely N-dealkylation sites (tertiary alicyclic amines) is 1. The molecule has 1 atom stereocenters. The third kappa shape index (κ3) is 3.79. The van der Waals surface area contributed by atoms with E-state index in [-0.39, 0.29) is 11.9 Å². The summed E-state index contributed by atoms with van der Waals surface area (Å²) in [7, 11) is 0. The van der Waals surface area contributed by atoms with Gasteiger partial charge in [0.25, 0.3) is 0 Å². The van der Waals surface area contributed by atoms with Crippen LogP contribution in [0.1, 0.15) is 17.8 Å². The number of aromatic nitrogens is 4. The van der Waals surface area contributed by atoms with Crippen molar-refractivity contribution in [3.05, 3.63) is 78.3 Å². The molecule has 0 unspecified atom stereocenters. The summed E-state index contributed by atoms with van der Waals surface area (Å²) >= 11 is 0. The lowest BCUT2D eigenvalue weighted by molar-refractivity contribution is -0.117. The Morgan fingerprint density at radius 2 is 1.93 bits per heavy atom. The highest BCUT2D eigenvalue weighted by Crippen LogP contribution is 2.18. The van der Waals surface area contributed by atoms with Gasteiger partial charge in [-0.05, 0) is 18.1 Å². The van der Waals surface area contributed by atoms with E-state index in [4.69, 9.17) is 0 Å². The number of rotatable bonds is 5. The van der Waals surface area contributed by atoms with Crippen molar-refractivity contribution in [1.29, 1.82) is 0 Å². The Labute approximate surface area is 174 Å². The Morgan fingerprint density at radius 3 is 2.83 bits per heavy atom. The van der Waals surface area contributed by atoms with Crippen LogP contribution < -0.4 is 5.32 Å². The summed E-state index contributed by atoms with van der Waals surface area (Å²) < 4.78 is 1.66. The molecule has 5 rings (SSSR count). The van der Waals surface area contributed by atoms with Gasteiger partial charge in [-0.1, -0.05) is 54.6 Å². The molecule has 3 heterocycles. The summed E-state index contributed by atoms with van der Waals surface area (Å²) in [5, 5.41) is 17.9. The second-order valence-corrected chi connectivity index (χ2v) is 7.57. The van der Waals surface area contributed by atoms with E-state index in [2.05, 4.69) is 49.8 Å². The highest BCUT2D eigenvalue weighted by atomic mass is 16.1. The zero-order valence-electron chi connectivity index (χ0n) is 16.5. The number of carbonyl (C=O) groups is 1. The molecule has 0 saturated carbocycles. The Morgan fingerprint density at radius 1 is 1.10 bits per heavy atom. The van der Waals surface area contributed by atoms with Crippen LogP contribution in [0.15, 0.2) is 66.9 Å². The van der Waals surface area contributed by atoms with Crippen molar-refractivity contribution >= 4 is 28.4 Å². The van der Waals surface area contributed by atoms with Gasteiger partial charge in [0.15, 0.2) is 11.5 Å². The lowest BCUT2D eigenvalue weighted by Crippen LogP contribution is -2.35. The number of hydrogen-bond acceptors (Lipinski definition) is 5. The second-order valence-electron chi connectivity index (χ2n) is 7.57. The highest BCUT2D eigenvalue weighted by molar-refractivity contribution is 5.94. The van der Waals surface area contributed by atoms with E-state index in [0.717, 1.165) is 36.8 Å². The van der Waals surface area contributed by atoms with Gasteiger partial charge in [0, 0.05) is 42.5 Å². The van der Waals surface area contributed by atoms with Gasteiger partial charge in [0.05, 0.1) is 6.20 Å². The zero-order chi connectivity index (χ0) is 20.3. The lowest BCUT2D eigenvalue weighted by atomic mass is 10.2. The summed E-state index contributed by atoms with van der Waals surface area (Å²) in [4.78, 5) is 14.8. The van der Waals surface area contributed by atoms with Crippen molar-refractivity contribution in [2.45, 2.75) is 19.0 Å². The molecule has 1 fully saturated rings. The molecule has 150 valence electrons. The number of benzene rings is 2. The average Bonchev–Trinajstić information content (AvgIpc) is 3.39. The maximum absolute atomic E-state index is 12.4. The van der Waals surface area contributed by atoms with E-state index in [9.17, 15) is 4.79 Å². The molecule has 0 radical (unpaired) electrons. The summed E-state index contributed by atoms with van der Waals surface area (Å²) in [6.45, 7) is 2.75. The first-order chi connectivity index (χ1) is 14.8. The molecule has 7 nitrogen and oxygen atoms in total. The quantitative estimate of drug-likeness (QED) is 0.523. The number of nitrogens with zero attached hydrogens (tertiary/aromatic N) is 5. The first kappa shape index (κ1) is 18.4. The highest BCUT2D eigenvalue weighted by Gasteiger charge is 2.23. The summed E-state index contributed by atoms with van der Waals surface area (Å²) in [5.74, 6) is 0.405. The fourth-order valence-corrected chi connectivity index (χ4v) is 3.95. The first-order valence-corrected chi connectivity index (χ1v) is 10.1. The number of fused-ring (bicyclic) bond motifs is 3. The van der Waals surface area contributed by atoms with Crippen LogP contribution in [-0.4, -0.2) is 49.7 Å². The third-order valence-electron chi connectivity index (χ3n) is 5.43. The molecule has 7 heteroatoms. The molecule has 1 saturated heterocycles. The maximum Gasteiger partial charge on any atom is 0.244 e. The molecule has 2 aromatic carbocycles. The van der Waals surface area contributed by atoms with Gasteiger partial charge in [-0.2, -0.15) is 9.61 Å². The minimum absolute atomic E-state index is 0.126. The van der Waals surface area contributed by atoms with Crippen molar-refractivity contribution in [2.75, 3.05) is 13.1 Å². The van der Waals surface area contributed by atoms with E-state index in [1.807, 2.05) is 30.3 Å². The van der Waals surface area contributed by atoms with Gasteiger partial charge >= 0.3 is 0 Å². The SMILES string of the molecule is O=C(/C=C/c1nnc2c3ccccc3cnn12)N[C@H]1CCN(Cc2ccccc2)C1. The van der Waals surface area contributed by atoms with Crippen molar-refractivity contribution in [2.24, 2.45) is 0 Å². The van der Waals surface area contributed by atoms with Gasteiger partial charge in [-0.25, -0.2) is 0 Å². The normalized spacial score (nSPS) is 17.3. The molecular formula is C23H22N6O. The van der Waals surface area contributed by atoms with Crippen LogP contribution in [0.5, 0.6) is 0 Å². The van der Waals surface area contributed by atoms with Crippen molar-refractivity contribution in [1.82, 2.24) is 30.0 Å². The molecule has 1 aliphatic heterocycles. The number of amides is 1. The molecule has 0 spiro atoms. The van der Waals surface area contributed by atoms with Gasteiger partial charge in [0.1, 0.15) is 0 Å². The fourth-order valence-electron chi connectivity index (χ4n) is 3.95. The molecule has 2 aromatic heterocycles. The predicted molar refractivity (Wildman–Crippen MR) is 116 cm³/mol. The lowest BCUT2D eigenvalue weighted by Gasteiger charge is -2.16. The van der Waals surface area contributed by atoms with E-state index >= 15 is 0 Å². The molecule has 30 heavy (non-hydrogen) atoms. The molecule has 1 N–H and O–H groups in total. The topological polar surface area (TPSA) is 75.4 Å². The van der Waals surface area contributed by atoms with Crippen LogP contribution in [-0.2, 0) is 11.3 Å². The largest absolute Gasteiger partial charge is 0.348 e. The van der Waals surface area contributed by atoms with E-state index in [1.54, 1.807) is 16.8 Å². The average molecular weight is 398 g/mol. The Bertz CT molecular complexity index is 1220. The molecule has 0 aliphatic carbocycles. The number of nitrogens with one attached hydrogen (secondary N) is 1. The van der Waals surface area contributed by atoms with Gasteiger partial charge in [0.2, 0.25) is 5.91 Å². The molecular weight excluding hydrogens is 376 g/mol. The van der Waals surface area contributed by atoms with Gasteiger partial charge in [-0.3, -0.25) is 9.69 Å².